The van der Waals surface area contributed by atoms with E-state index >= 15 is 0 Å². The van der Waals surface area contributed by atoms with Crippen LogP contribution >= 0.6 is 7.26 Å². The van der Waals surface area contributed by atoms with Crippen LogP contribution in [-0.2, 0) is 4.74 Å². The summed E-state index contributed by atoms with van der Waals surface area (Å²) in [7, 11) is 1.04. The Bertz CT molecular complexity index is 65.4. The Morgan fingerprint density at radius 1 is 1.25 bits per heavy atom. The van der Waals surface area contributed by atoms with Crippen molar-refractivity contribution in [3.8, 4) is 0 Å². The van der Waals surface area contributed by atoms with Crippen molar-refractivity contribution in [1.82, 2.24) is 0 Å². The summed E-state index contributed by atoms with van der Waals surface area (Å²) >= 11 is 0. The molecule has 0 saturated heterocycles. The molecule has 0 aromatic rings. The van der Waals surface area contributed by atoms with Gasteiger partial charge in [-0.15, -0.1) is 0 Å². The molecule has 1 unspecified atom stereocenters. The zero-order chi connectivity index (χ0) is 6.78. The van der Waals surface area contributed by atoms with E-state index in [-0.39, 0.29) is 0 Å². The van der Waals surface area contributed by atoms with Crippen molar-refractivity contribution in [1.29, 1.82) is 0 Å². The van der Waals surface area contributed by atoms with Crippen LogP contribution in [-0.4, -0.2) is 32.9 Å². The summed E-state index contributed by atoms with van der Waals surface area (Å²) in [5, 5.41) is 0. The van der Waals surface area contributed by atoms with Crippen LogP contribution in [0, 0.1) is 0 Å². The van der Waals surface area contributed by atoms with Crippen LogP contribution in [0.3, 0.4) is 0 Å². The molecular formula is C6H16OP+. The topological polar surface area (TPSA) is 9.23 Å². The molecule has 1 atom stereocenters. The molecule has 0 fully saturated rings. The van der Waals surface area contributed by atoms with E-state index in [0.717, 1.165) is 0 Å². The summed E-state index contributed by atoms with van der Waals surface area (Å²) in [5.74, 6) is 0.461. The number of ether oxygens (including phenoxy) is 1. The minimum atomic E-state index is -0.729. The van der Waals surface area contributed by atoms with Gasteiger partial charge in [0.15, 0.2) is 5.85 Å². The standard InChI is InChI=1S/C6H16OP/c1-6(7-2)8(3,4)5/h6H,1-5H3/q+1. The van der Waals surface area contributed by atoms with Gasteiger partial charge in [-0.2, -0.15) is 0 Å². The lowest BCUT2D eigenvalue weighted by atomic mass is 10.9. The summed E-state index contributed by atoms with van der Waals surface area (Å²) in [6, 6.07) is 0. The highest BCUT2D eigenvalue weighted by molar-refractivity contribution is 7.74. The van der Waals surface area contributed by atoms with Gasteiger partial charge in [-0.05, 0) is 6.92 Å². The van der Waals surface area contributed by atoms with Crippen molar-refractivity contribution in [2.75, 3.05) is 27.1 Å². The molecule has 0 aliphatic carbocycles. The molecule has 0 bridgehead atoms. The van der Waals surface area contributed by atoms with Crippen LogP contribution in [0.1, 0.15) is 6.92 Å². The zero-order valence-electron chi connectivity index (χ0n) is 6.43. The molecule has 0 aliphatic rings. The Labute approximate surface area is 52.8 Å². The second-order valence-corrected chi connectivity index (χ2v) is 7.91. The average Bonchev–Trinajstić information content (AvgIpc) is 1.62. The summed E-state index contributed by atoms with van der Waals surface area (Å²) in [6.07, 6.45) is 0. The molecule has 0 saturated carbocycles. The summed E-state index contributed by atoms with van der Waals surface area (Å²) in [4.78, 5) is 0. The molecule has 0 aliphatic heterocycles. The van der Waals surface area contributed by atoms with Gasteiger partial charge in [0.05, 0.1) is 20.0 Å². The maximum absolute atomic E-state index is 5.16. The summed E-state index contributed by atoms with van der Waals surface area (Å²) in [5.41, 5.74) is 0. The highest BCUT2D eigenvalue weighted by atomic mass is 31.2. The van der Waals surface area contributed by atoms with Crippen molar-refractivity contribution in [2.24, 2.45) is 0 Å². The van der Waals surface area contributed by atoms with Crippen molar-refractivity contribution >= 4 is 7.26 Å². The van der Waals surface area contributed by atoms with E-state index in [9.17, 15) is 0 Å². The fourth-order valence-corrected chi connectivity index (χ4v) is 0.949. The van der Waals surface area contributed by atoms with Gasteiger partial charge in [-0.1, -0.05) is 0 Å². The Balaban J connectivity index is 3.62. The number of hydrogen-bond donors (Lipinski definition) is 0. The Kier molecular flexibility index (Phi) is 2.93. The predicted octanol–water partition coefficient (Wildman–Crippen LogP) is 1.89. The largest absolute Gasteiger partial charge is 0.347 e. The monoisotopic (exact) mass is 135 g/mol. The van der Waals surface area contributed by atoms with E-state index in [1.54, 1.807) is 7.11 Å². The van der Waals surface area contributed by atoms with Crippen LogP contribution < -0.4 is 0 Å². The van der Waals surface area contributed by atoms with Crippen molar-refractivity contribution in [3.05, 3.63) is 0 Å². The lowest BCUT2D eigenvalue weighted by molar-refractivity contribution is 0.181. The van der Waals surface area contributed by atoms with Gasteiger partial charge in [-0.25, -0.2) is 0 Å². The number of hydrogen-bond acceptors (Lipinski definition) is 1. The molecule has 1 nitrogen and oxygen atoms in total. The zero-order valence-corrected chi connectivity index (χ0v) is 7.33. The second-order valence-electron chi connectivity index (χ2n) is 2.95. The summed E-state index contributed by atoms with van der Waals surface area (Å²) < 4.78 is 5.16. The van der Waals surface area contributed by atoms with E-state index in [2.05, 4.69) is 26.9 Å². The smallest absolute Gasteiger partial charge is 0.162 e. The van der Waals surface area contributed by atoms with E-state index in [1.165, 1.54) is 0 Å². The fraction of sp³-hybridized carbons (Fsp3) is 1.00. The van der Waals surface area contributed by atoms with Crippen LogP contribution in [0.2, 0.25) is 0 Å². The highest BCUT2D eigenvalue weighted by Crippen LogP contribution is 2.51. The molecule has 0 aromatic carbocycles. The summed E-state index contributed by atoms with van der Waals surface area (Å²) in [6.45, 7) is 8.97. The van der Waals surface area contributed by atoms with Gasteiger partial charge in [-0.3, -0.25) is 0 Å². The SMILES string of the molecule is COC(C)[P+](C)(C)C. The first-order valence-electron chi connectivity index (χ1n) is 2.82. The van der Waals surface area contributed by atoms with Crippen LogP contribution in [0.4, 0.5) is 0 Å². The van der Waals surface area contributed by atoms with Gasteiger partial charge < -0.3 is 4.74 Å². The maximum atomic E-state index is 5.16. The molecule has 8 heavy (non-hydrogen) atoms. The Morgan fingerprint density at radius 3 is 1.62 bits per heavy atom. The van der Waals surface area contributed by atoms with Crippen molar-refractivity contribution < 1.29 is 4.74 Å². The maximum Gasteiger partial charge on any atom is 0.162 e. The molecule has 0 radical (unpaired) electrons. The van der Waals surface area contributed by atoms with E-state index in [0.29, 0.717) is 5.85 Å². The molecule has 0 rings (SSSR count). The van der Waals surface area contributed by atoms with E-state index < -0.39 is 7.26 Å². The third-order valence-corrected chi connectivity index (χ3v) is 3.82. The van der Waals surface area contributed by atoms with Crippen LogP contribution in [0.15, 0.2) is 0 Å². The first-order chi connectivity index (χ1) is 3.48. The molecule has 50 valence electrons. The fourth-order valence-electron chi connectivity index (χ4n) is 0.316. The van der Waals surface area contributed by atoms with Crippen LogP contribution in [0.5, 0.6) is 0 Å². The number of methoxy groups -OCH3 is 1. The molecule has 0 amide bonds. The van der Waals surface area contributed by atoms with E-state index in [1.807, 2.05) is 0 Å². The lowest BCUT2D eigenvalue weighted by Gasteiger charge is -2.18. The Morgan fingerprint density at radius 2 is 1.62 bits per heavy atom. The van der Waals surface area contributed by atoms with E-state index in [4.69, 9.17) is 4.74 Å². The second kappa shape index (κ2) is 2.80. The van der Waals surface area contributed by atoms with Gasteiger partial charge in [0, 0.05) is 14.4 Å². The first-order valence-corrected chi connectivity index (χ1v) is 6.02. The Hall–Kier alpha value is 0.390. The van der Waals surface area contributed by atoms with Crippen molar-refractivity contribution in [3.63, 3.8) is 0 Å². The van der Waals surface area contributed by atoms with Gasteiger partial charge in [0.25, 0.3) is 0 Å². The average molecular weight is 135 g/mol. The van der Waals surface area contributed by atoms with Crippen molar-refractivity contribution in [2.45, 2.75) is 12.8 Å². The number of rotatable bonds is 2. The molecule has 2 heteroatoms. The highest BCUT2D eigenvalue weighted by Gasteiger charge is 2.25. The van der Waals surface area contributed by atoms with Gasteiger partial charge >= 0.3 is 0 Å². The minimum Gasteiger partial charge on any atom is -0.347 e. The first kappa shape index (κ1) is 8.39. The third-order valence-electron chi connectivity index (χ3n) is 1.43. The molecule has 0 heterocycles. The molecule has 0 aromatic heterocycles. The lowest BCUT2D eigenvalue weighted by Crippen LogP contribution is -2.08. The molecular weight excluding hydrogens is 119 g/mol. The predicted molar refractivity (Wildman–Crippen MR) is 41.2 cm³/mol. The molecule has 0 N–H and O–H groups in total. The van der Waals surface area contributed by atoms with Gasteiger partial charge in [0.2, 0.25) is 0 Å². The quantitative estimate of drug-likeness (QED) is 0.525. The molecule has 0 spiro atoms. The third kappa shape index (κ3) is 2.64. The normalized spacial score (nSPS) is 16.1. The minimum absolute atomic E-state index is 0.461. The van der Waals surface area contributed by atoms with Gasteiger partial charge in [0.1, 0.15) is 0 Å². The van der Waals surface area contributed by atoms with Crippen LogP contribution in [0.25, 0.3) is 0 Å².